The average molecular weight is 246 g/mol. The molecule has 0 radical (unpaired) electrons. The van der Waals surface area contributed by atoms with Crippen LogP contribution in [0.15, 0.2) is 24.3 Å². The van der Waals surface area contributed by atoms with Gasteiger partial charge in [-0.2, -0.15) is 0 Å². The largest absolute Gasteiger partial charge is 0.481 e. The number of carboxylic acid groups (broad SMARTS) is 1. The molecule has 1 saturated carbocycles. The zero-order valence-electron chi connectivity index (χ0n) is 10.3. The Balaban J connectivity index is 2.17. The molecule has 0 aliphatic heterocycles. The van der Waals surface area contributed by atoms with Crippen LogP contribution >= 0.6 is 0 Å². The normalized spacial score (nSPS) is 34.5. The number of rotatable bonds is 1. The smallest absolute Gasteiger partial charge is 0.314 e. The summed E-state index contributed by atoms with van der Waals surface area (Å²) in [6.45, 7) is 0. The quantitative estimate of drug-likeness (QED) is 0.798. The van der Waals surface area contributed by atoms with E-state index in [1.165, 1.54) is 0 Å². The monoisotopic (exact) mass is 246 g/mol. The molecule has 0 saturated heterocycles. The molecular formula is C15H18O3. The minimum Gasteiger partial charge on any atom is -0.481 e. The number of aliphatic carboxylic acids is 1. The van der Waals surface area contributed by atoms with E-state index in [1.54, 1.807) is 0 Å². The summed E-state index contributed by atoms with van der Waals surface area (Å²) in [5.74, 6) is -0.591. The number of hydrogen-bond acceptors (Lipinski definition) is 2. The Morgan fingerprint density at radius 3 is 2.78 bits per heavy atom. The first kappa shape index (κ1) is 11.7. The van der Waals surface area contributed by atoms with Gasteiger partial charge in [0.25, 0.3) is 0 Å². The average Bonchev–Trinajstić information content (AvgIpc) is 2.38. The van der Waals surface area contributed by atoms with Crippen molar-refractivity contribution in [3.8, 4) is 0 Å². The molecular weight excluding hydrogens is 228 g/mol. The van der Waals surface area contributed by atoms with Gasteiger partial charge in [-0.15, -0.1) is 0 Å². The van der Waals surface area contributed by atoms with Crippen LogP contribution in [0.1, 0.15) is 36.8 Å². The summed E-state index contributed by atoms with van der Waals surface area (Å²) < 4.78 is 0. The molecule has 18 heavy (non-hydrogen) atoms. The highest BCUT2D eigenvalue weighted by atomic mass is 16.4. The number of aliphatic hydroxyl groups excluding tert-OH is 1. The number of hydrogen-bond donors (Lipinski definition) is 2. The van der Waals surface area contributed by atoms with Crippen molar-refractivity contribution in [1.82, 2.24) is 0 Å². The molecule has 3 heteroatoms. The van der Waals surface area contributed by atoms with E-state index >= 15 is 0 Å². The summed E-state index contributed by atoms with van der Waals surface area (Å²) in [4.78, 5) is 11.9. The van der Waals surface area contributed by atoms with E-state index in [-0.39, 0.29) is 5.92 Å². The third-order valence-corrected chi connectivity index (χ3v) is 4.74. The summed E-state index contributed by atoms with van der Waals surface area (Å²) in [5.41, 5.74) is 1.23. The molecule has 2 N–H and O–H groups in total. The fraction of sp³-hybridized carbons (Fsp3) is 0.533. The molecule has 2 aliphatic carbocycles. The number of carboxylic acids is 1. The van der Waals surface area contributed by atoms with E-state index < -0.39 is 17.5 Å². The fourth-order valence-corrected chi connectivity index (χ4v) is 3.88. The van der Waals surface area contributed by atoms with Crippen LogP contribution in [0, 0.1) is 5.92 Å². The van der Waals surface area contributed by atoms with E-state index in [4.69, 9.17) is 0 Å². The van der Waals surface area contributed by atoms with Crippen molar-refractivity contribution >= 4 is 5.97 Å². The molecule has 96 valence electrons. The van der Waals surface area contributed by atoms with Gasteiger partial charge >= 0.3 is 5.97 Å². The van der Waals surface area contributed by atoms with Crippen LogP contribution in [-0.4, -0.2) is 22.3 Å². The first-order chi connectivity index (χ1) is 8.64. The topological polar surface area (TPSA) is 57.5 Å². The molecule has 3 nitrogen and oxygen atoms in total. The van der Waals surface area contributed by atoms with Crippen LogP contribution in [0.5, 0.6) is 0 Å². The van der Waals surface area contributed by atoms with Gasteiger partial charge in [0, 0.05) is 0 Å². The van der Waals surface area contributed by atoms with Gasteiger partial charge in [-0.05, 0) is 49.1 Å². The summed E-state index contributed by atoms with van der Waals surface area (Å²) in [6.07, 6.45) is 3.33. The van der Waals surface area contributed by atoms with Crippen molar-refractivity contribution in [2.24, 2.45) is 5.92 Å². The standard InChI is InChI=1S/C15H18O3/c16-12-8-7-11-6-5-10-3-1-2-4-13(10)15(11,9-12)14(17)18/h1-4,11-12,16H,5-9H2,(H,17,18). The number of carbonyl (C=O) groups is 1. The fourth-order valence-electron chi connectivity index (χ4n) is 3.88. The molecule has 3 unspecified atom stereocenters. The SMILES string of the molecule is O=C(O)C12CC(O)CCC1CCc1ccccc12. The van der Waals surface area contributed by atoms with Crippen LogP contribution in [0.4, 0.5) is 0 Å². The van der Waals surface area contributed by atoms with Crippen molar-refractivity contribution < 1.29 is 15.0 Å². The highest BCUT2D eigenvalue weighted by Gasteiger charge is 2.53. The maximum Gasteiger partial charge on any atom is 0.314 e. The molecule has 3 rings (SSSR count). The van der Waals surface area contributed by atoms with Crippen molar-refractivity contribution in [1.29, 1.82) is 0 Å². The predicted octanol–water partition coefficient (Wildman–Crippen LogP) is 2.12. The van der Waals surface area contributed by atoms with Crippen LogP contribution < -0.4 is 0 Å². The van der Waals surface area contributed by atoms with Gasteiger partial charge in [-0.25, -0.2) is 0 Å². The van der Waals surface area contributed by atoms with Crippen LogP contribution in [0.3, 0.4) is 0 Å². The zero-order chi connectivity index (χ0) is 12.8. The van der Waals surface area contributed by atoms with Gasteiger partial charge in [0.1, 0.15) is 0 Å². The van der Waals surface area contributed by atoms with Crippen molar-refractivity contribution in [3.05, 3.63) is 35.4 Å². The van der Waals surface area contributed by atoms with Crippen molar-refractivity contribution in [2.75, 3.05) is 0 Å². The second-order valence-electron chi connectivity index (χ2n) is 5.60. The minimum absolute atomic E-state index is 0.174. The molecule has 0 aromatic heterocycles. The number of aryl methyl sites for hydroxylation is 1. The second-order valence-corrected chi connectivity index (χ2v) is 5.60. The summed E-state index contributed by atoms with van der Waals surface area (Å²) in [6, 6.07) is 7.84. The van der Waals surface area contributed by atoms with Gasteiger partial charge in [0.15, 0.2) is 0 Å². The maximum absolute atomic E-state index is 11.9. The van der Waals surface area contributed by atoms with Crippen LogP contribution in [0.25, 0.3) is 0 Å². The van der Waals surface area contributed by atoms with Crippen LogP contribution in [-0.2, 0) is 16.6 Å². The Hall–Kier alpha value is -1.35. The van der Waals surface area contributed by atoms with Crippen molar-refractivity contribution in [2.45, 2.75) is 43.6 Å². The number of benzene rings is 1. The molecule has 1 aromatic carbocycles. The Kier molecular flexibility index (Phi) is 2.67. The minimum atomic E-state index is -0.855. The Morgan fingerprint density at radius 2 is 2.00 bits per heavy atom. The van der Waals surface area contributed by atoms with E-state index in [9.17, 15) is 15.0 Å². The summed E-state index contributed by atoms with van der Waals surface area (Å²) >= 11 is 0. The van der Waals surface area contributed by atoms with Gasteiger partial charge in [0.2, 0.25) is 0 Å². The van der Waals surface area contributed by atoms with Gasteiger partial charge in [-0.1, -0.05) is 24.3 Å². The van der Waals surface area contributed by atoms with Gasteiger partial charge < -0.3 is 10.2 Å². The molecule has 0 amide bonds. The second kappa shape index (κ2) is 4.09. The Labute approximate surface area is 106 Å². The van der Waals surface area contributed by atoms with E-state index in [2.05, 4.69) is 0 Å². The first-order valence-corrected chi connectivity index (χ1v) is 6.64. The van der Waals surface area contributed by atoms with E-state index in [0.717, 1.165) is 36.8 Å². The summed E-state index contributed by atoms with van der Waals surface area (Å²) in [5, 5.41) is 19.7. The highest BCUT2D eigenvalue weighted by molar-refractivity contribution is 5.83. The lowest BCUT2D eigenvalue weighted by Crippen LogP contribution is -2.51. The molecule has 2 aliphatic rings. The zero-order valence-corrected chi connectivity index (χ0v) is 10.3. The van der Waals surface area contributed by atoms with Crippen LogP contribution in [0.2, 0.25) is 0 Å². The molecule has 0 spiro atoms. The molecule has 0 heterocycles. The van der Waals surface area contributed by atoms with E-state index in [1.807, 2.05) is 24.3 Å². The number of fused-ring (bicyclic) bond motifs is 3. The third-order valence-electron chi connectivity index (χ3n) is 4.74. The van der Waals surface area contributed by atoms with Crippen molar-refractivity contribution in [3.63, 3.8) is 0 Å². The lowest BCUT2D eigenvalue weighted by atomic mass is 9.56. The lowest BCUT2D eigenvalue weighted by molar-refractivity contribution is -0.151. The molecule has 1 aromatic rings. The number of aliphatic hydroxyl groups is 1. The Bertz CT molecular complexity index is 482. The molecule has 3 atom stereocenters. The molecule has 0 bridgehead atoms. The van der Waals surface area contributed by atoms with E-state index in [0.29, 0.717) is 6.42 Å². The third kappa shape index (κ3) is 1.50. The lowest BCUT2D eigenvalue weighted by Gasteiger charge is -2.46. The van der Waals surface area contributed by atoms with Gasteiger partial charge in [0.05, 0.1) is 11.5 Å². The molecule has 1 fully saturated rings. The highest BCUT2D eigenvalue weighted by Crippen LogP contribution is 2.50. The first-order valence-electron chi connectivity index (χ1n) is 6.64. The maximum atomic E-state index is 11.9. The summed E-state index contributed by atoms with van der Waals surface area (Å²) in [7, 11) is 0. The Morgan fingerprint density at radius 1 is 1.22 bits per heavy atom. The van der Waals surface area contributed by atoms with Gasteiger partial charge in [-0.3, -0.25) is 4.79 Å². The predicted molar refractivity (Wildman–Crippen MR) is 67.4 cm³/mol.